The first kappa shape index (κ1) is 10.2. The predicted octanol–water partition coefficient (Wildman–Crippen LogP) is 5.74. The van der Waals surface area contributed by atoms with Crippen LogP contribution < -0.4 is 0 Å². The summed E-state index contributed by atoms with van der Waals surface area (Å²) in [5.74, 6) is 0. The van der Waals surface area contributed by atoms with E-state index in [-0.39, 0.29) is 0 Å². The molecule has 0 aromatic heterocycles. The van der Waals surface area contributed by atoms with Gasteiger partial charge in [-0.05, 0) is 49.2 Å². The fourth-order valence-electron chi connectivity index (χ4n) is 3.49. The maximum absolute atomic E-state index is 2.31. The lowest BCUT2D eigenvalue weighted by atomic mass is 9.93. The minimum absolute atomic E-state index is 1.32. The first-order chi connectivity index (χ1) is 9.92. The Morgan fingerprint density at radius 2 is 1.10 bits per heavy atom. The Balaban J connectivity index is 2.23. The van der Waals surface area contributed by atoms with Gasteiger partial charge in [-0.3, -0.25) is 0 Å². The molecule has 5 aromatic carbocycles. The predicted molar refractivity (Wildman–Crippen MR) is 87.7 cm³/mol. The monoisotopic (exact) mass is 256 g/mol. The van der Waals surface area contributed by atoms with Crippen LogP contribution in [0.15, 0.2) is 72.8 Å². The van der Waals surface area contributed by atoms with Gasteiger partial charge >= 0.3 is 0 Å². The van der Waals surface area contributed by atoms with E-state index in [4.69, 9.17) is 0 Å². The topological polar surface area (TPSA) is 0 Å². The van der Waals surface area contributed by atoms with Gasteiger partial charge in [0.25, 0.3) is 0 Å². The zero-order valence-electron chi connectivity index (χ0n) is 10.9. The Morgan fingerprint density at radius 3 is 2.00 bits per heavy atom. The molecule has 0 N–H and O–H groups in total. The van der Waals surface area contributed by atoms with E-state index in [1.807, 2.05) is 0 Å². The van der Waals surface area contributed by atoms with Crippen molar-refractivity contribution in [1.82, 2.24) is 0 Å². The zero-order valence-corrected chi connectivity index (χ0v) is 10.9. The molecule has 0 radical (unpaired) electrons. The molecule has 0 atom stereocenters. The normalized spacial score (nSPS) is 12.0. The molecule has 0 aliphatic rings. The molecule has 0 spiro atoms. The lowest BCUT2D eigenvalue weighted by Crippen LogP contribution is -1.85. The van der Waals surface area contributed by atoms with Crippen molar-refractivity contribution in [3.63, 3.8) is 0 Å². The molecule has 0 heterocycles. The Labute approximate surface area is 116 Å². The van der Waals surface area contributed by atoms with Gasteiger partial charge in [-0.25, -0.2) is 0 Å². The number of rotatable bonds is 0. The Bertz CT molecular complexity index is 1070. The van der Waals surface area contributed by atoms with Crippen LogP contribution in [0.5, 0.6) is 0 Å². The van der Waals surface area contributed by atoms with E-state index in [0.29, 0.717) is 0 Å². The van der Waals surface area contributed by atoms with Crippen LogP contribution in [0, 0.1) is 0 Å². The largest absolute Gasteiger partial charge is 0.0616 e. The molecule has 0 nitrogen and oxygen atoms in total. The van der Waals surface area contributed by atoms with Crippen LogP contribution in [0.25, 0.3) is 43.1 Å². The summed E-state index contributed by atoms with van der Waals surface area (Å²) >= 11 is 0. The third-order valence-corrected chi connectivity index (χ3v) is 4.37. The molecular formula is C20H12. The average Bonchev–Trinajstić information content (AvgIpc) is 2.52. The van der Waals surface area contributed by atoms with E-state index >= 15 is 0 Å². The highest BCUT2D eigenvalue weighted by Crippen LogP contribution is 2.38. The van der Waals surface area contributed by atoms with Crippen molar-refractivity contribution >= 4 is 43.1 Å². The third-order valence-electron chi connectivity index (χ3n) is 4.37. The molecule has 0 saturated heterocycles. The van der Waals surface area contributed by atoms with Gasteiger partial charge in [0.05, 0.1) is 0 Å². The fraction of sp³-hybridized carbons (Fsp3) is 0. The summed E-state index contributed by atoms with van der Waals surface area (Å²) in [6.07, 6.45) is 0. The van der Waals surface area contributed by atoms with Crippen molar-refractivity contribution in [3.8, 4) is 0 Å². The minimum atomic E-state index is 1.32. The smallest absolute Gasteiger partial charge is 0.00204 e. The molecule has 92 valence electrons. The van der Waals surface area contributed by atoms with Crippen LogP contribution in [0.4, 0.5) is 0 Å². The summed E-state index contributed by atoms with van der Waals surface area (Å²) in [6, 6.07) is 26.5. The SMILES string of the molecule is c1cc2ccc3cc4[13cH][13cH][13cH][13cH]c4c4ccc(c1)c2c34. The maximum Gasteiger partial charge on any atom is -0.00204 e. The summed E-state index contributed by atoms with van der Waals surface area (Å²) in [5.41, 5.74) is 0. The lowest BCUT2D eigenvalue weighted by molar-refractivity contribution is 1.78. The second-order valence-corrected chi connectivity index (χ2v) is 5.45. The second-order valence-electron chi connectivity index (χ2n) is 5.45. The van der Waals surface area contributed by atoms with E-state index in [2.05, 4.69) is 72.8 Å². The first-order valence-corrected chi connectivity index (χ1v) is 6.97. The van der Waals surface area contributed by atoms with Crippen LogP contribution in [0.2, 0.25) is 0 Å². The summed E-state index contributed by atoms with van der Waals surface area (Å²) in [6.45, 7) is 0. The third kappa shape index (κ3) is 1.16. The highest BCUT2D eigenvalue weighted by atomic mass is 14.5. The van der Waals surface area contributed by atoms with Gasteiger partial charge in [0, 0.05) is 0 Å². The number of fused-ring (bicyclic) bond motifs is 2. The van der Waals surface area contributed by atoms with E-state index in [1.54, 1.807) is 0 Å². The van der Waals surface area contributed by atoms with E-state index in [9.17, 15) is 0 Å². The van der Waals surface area contributed by atoms with Crippen molar-refractivity contribution in [2.75, 3.05) is 0 Å². The number of hydrogen-bond donors (Lipinski definition) is 0. The molecule has 0 saturated carbocycles. The van der Waals surface area contributed by atoms with E-state index < -0.39 is 0 Å². The van der Waals surface area contributed by atoms with Crippen molar-refractivity contribution in [1.29, 1.82) is 0 Å². The first-order valence-electron chi connectivity index (χ1n) is 6.97. The second kappa shape index (κ2) is 3.49. The molecule has 5 rings (SSSR count). The molecule has 0 fully saturated rings. The molecule has 5 aromatic rings. The quantitative estimate of drug-likeness (QED) is 0.245. The van der Waals surface area contributed by atoms with Gasteiger partial charge in [0.2, 0.25) is 0 Å². The van der Waals surface area contributed by atoms with Crippen LogP contribution in [-0.4, -0.2) is 0 Å². The van der Waals surface area contributed by atoms with Crippen LogP contribution in [-0.2, 0) is 0 Å². The van der Waals surface area contributed by atoms with Crippen molar-refractivity contribution in [2.45, 2.75) is 0 Å². The maximum atomic E-state index is 2.31. The standard InChI is InChI=1S/C20H12/c1-2-7-17-15(4-1)12-16-9-8-13-5-3-6-14-10-11-18(17)20(16)19(13)14/h1-12H/i1+1,2+1,4+1,7+1. The highest BCUT2D eigenvalue weighted by Gasteiger charge is 2.09. The van der Waals surface area contributed by atoms with Crippen LogP contribution >= 0.6 is 0 Å². The van der Waals surface area contributed by atoms with Crippen LogP contribution in [0.1, 0.15) is 0 Å². The van der Waals surface area contributed by atoms with Gasteiger partial charge in [0.15, 0.2) is 0 Å². The lowest BCUT2D eigenvalue weighted by Gasteiger charge is -2.12. The Hall–Kier alpha value is -2.60. The summed E-state index contributed by atoms with van der Waals surface area (Å²) in [5, 5.41) is 10.8. The molecular weight excluding hydrogens is 244 g/mol. The molecule has 0 amide bonds. The summed E-state index contributed by atoms with van der Waals surface area (Å²) < 4.78 is 0. The van der Waals surface area contributed by atoms with Crippen LogP contribution in [0.3, 0.4) is 0 Å². The van der Waals surface area contributed by atoms with Crippen molar-refractivity contribution in [2.24, 2.45) is 0 Å². The Morgan fingerprint density at radius 1 is 0.400 bits per heavy atom. The number of hydrogen-bond acceptors (Lipinski definition) is 0. The van der Waals surface area contributed by atoms with E-state index in [1.165, 1.54) is 43.1 Å². The van der Waals surface area contributed by atoms with Gasteiger partial charge in [-0.15, -0.1) is 0 Å². The van der Waals surface area contributed by atoms with Crippen molar-refractivity contribution < 1.29 is 0 Å². The van der Waals surface area contributed by atoms with Gasteiger partial charge in [0.1, 0.15) is 0 Å². The molecule has 0 unspecified atom stereocenters. The van der Waals surface area contributed by atoms with Gasteiger partial charge in [-0.1, -0.05) is 66.7 Å². The van der Waals surface area contributed by atoms with E-state index in [0.717, 1.165) is 0 Å². The molecule has 0 aliphatic heterocycles. The summed E-state index contributed by atoms with van der Waals surface area (Å²) in [7, 11) is 0. The number of benzene rings is 5. The molecule has 0 bridgehead atoms. The Kier molecular flexibility index (Phi) is 1.78. The summed E-state index contributed by atoms with van der Waals surface area (Å²) in [4.78, 5) is 0. The molecule has 0 aliphatic carbocycles. The van der Waals surface area contributed by atoms with Gasteiger partial charge < -0.3 is 0 Å². The average molecular weight is 256 g/mol. The highest BCUT2D eigenvalue weighted by molar-refractivity contribution is 6.28. The molecule has 20 heavy (non-hydrogen) atoms. The van der Waals surface area contributed by atoms with Gasteiger partial charge in [-0.2, -0.15) is 0 Å². The minimum Gasteiger partial charge on any atom is -0.0616 e. The fourth-order valence-corrected chi connectivity index (χ4v) is 3.49. The zero-order chi connectivity index (χ0) is 13.1. The molecule has 0 heteroatoms. The van der Waals surface area contributed by atoms with Crippen molar-refractivity contribution in [3.05, 3.63) is 72.8 Å².